The molecular formula is C9H9ClF2. The molecule has 0 unspecified atom stereocenters. The molecule has 0 saturated carbocycles. The molecule has 1 rings (SSSR count). The van der Waals surface area contributed by atoms with Crippen molar-refractivity contribution < 1.29 is 8.78 Å². The smallest absolute Gasteiger partial charge is 0.129 e. The maximum absolute atomic E-state index is 12.9. The monoisotopic (exact) mass is 190 g/mol. The van der Waals surface area contributed by atoms with E-state index in [2.05, 4.69) is 0 Å². The predicted octanol–water partition coefficient (Wildman–Crippen LogP) is 3.14. The lowest BCUT2D eigenvalue weighted by Gasteiger charge is -2.00. The number of rotatable bonds is 3. The van der Waals surface area contributed by atoms with Gasteiger partial charge in [-0.1, -0.05) is 6.07 Å². The lowest BCUT2D eigenvalue weighted by molar-refractivity contribution is 0.571. The summed E-state index contributed by atoms with van der Waals surface area (Å²) >= 11 is 5.44. The van der Waals surface area contributed by atoms with E-state index in [0.29, 0.717) is 24.3 Å². The summed E-state index contributed by atoms with van der Waals surface area (Å²) in [7, 11) is 0. The molecule has 1 aromatic rings. The normalized spacial score (nSPS) is 10.2. The molecule has 0 N–H and O–H groups in total. The Morgan fingerprint density at radius 2 is 2.00 bits per heavy atom. The summed E-state index contributed by atoms with van der Waals surface area (Å²) in [4.78, 5) is 0. The molecule has 0 amide bonds. The zero-order chi connectivity index (χ0) is 8.97. The molecule has 0 saturated heterocycles. The fourth-order valence-electron chi connectivity index (χ4n) is 0.982. The van der Waals surface area contributed by atoms with Crippen LogP contribution in [0.2, 0.25) is 0 Å². The Morgan fingerprint density at radius 1 is 1.25 bits per heavy atom. The summed E-state index contributed by atoms with van der Waals surface area (Å²) < 4.78 is 25.3. The second-order valence-corrected chi connectivity index (χ2v) is 2.91. The van der Waals surface area contributed by atoms with E-state index in [9.17, 15) is 8.78 Å². The van der Waals surface area contributed by atoms with Gasteiger partial charge in [0, 0.05) is 11.9 Å². The summed E-state index contributed by atoms with van der Waals surface area (Å²) in [5.41, 5.74) is 0.525. The van der Waals surface area contributed by atoms with E-state index in [-0.39, 0.29) is 0 Å². The van der Waals surface area contributed by atoms with Gasteiger partial charge in [-0.3, -0.25) is 0 Å². The van der Waals surface area contributed by atoms with Crippen molar-refractivity contribution in [2.75, 3.05) is 5.88 Å². The molecular weight excluding hydrogens is 182 g/mol. The van der Waals surface area contributed by atoms with Crippen molar-refractivity contribution in [3.8, 4) is 0 Å². The topological polar surface area (TPSA) is 0 Å². The predicted molar refractivity (Wildman–Crippen MR) is 45.4 cm³/mol. The van der Waals surface area contributed by atoms with E-state index in [1.807, 2.05) is 0 Å². The summed E-state index contributed by atoms with van der Waals surface area (Å²) in [5.74, 6) is -0.529. The van der Waals surface area contributed by atoms with Crippen LogP contribution in [0.4, 0.5) is 8.78 Å². The first-order valence-corrected chi connectivity index (χ1v) is 4.27. The van der Waals surface area contributed by atoms with Gasteiger partial charge in [0.05, 0.1) is 0 Å². The van der Waals surface area contributed by atoms with Crippen LogP contribution >= 0.6 is 11.6 Å². The van der Waals surface area contributed by atoms with Gasteiger partial charge in [0.25, 0.3) is 0 Å². The van der Waals surface area contributed by atoms with Gasteiger partial charge in [-0.15, -0.1) is 11.6 Å². The summed E-state index contributed by atoms with van der Waals surface area (Å²) in [6, 6.07) is 3.60. The lowest BCUT2D eigenvalue weighted by atomic mass is 10.1. The highest BCUT2D eigenvalue weighted by Crippen LogP contribution is 2.11. The van der Waals surface area contributed by atoms with Crippen LogP contribution in [-0.4, -0.2) is 5.88 Å². The van der Waals surface area contributed by atoms with Crippen LogP contribution in [0.1, 0.15) is 12.0 Å². The summed E-state index contributed by atoms with van der Waals surface area (Å²) in [6.07, 6.45) is 1.28. The van der Waals surface area contributed by atoms with Crippen LogP contribution in [0, 0.1) is 11.6 Å². The molecule has 0 aromatic heterocycles. The molecule has 0 fully saturated rings. The average Bonchev–Trinajstić information content (AvgIpc) is 2.03. The Kier molecular flexibility index (Phi) is 3.48. The number of alkyl halides is 1. The van der Waals surface area contributed by atoms with E-state index in [0.717, 1.165) is 6.07 Å². The van der Waals surface area contributed by atoms with E-state index in [1.54, 1.807) is 0 Å². The van der Waals surface area contributed by atoms with Crippen molar-refractivity contribution >= 4 is 11.6 Å². The zero-order valence-electron chi connectivity index (χ0n) is 6.49. The molecule has 0 atom stereocenters. The van der Waals surface area contributed by atoms with Gasteiger partial charge < -0.3 is 0 Å². The third-order valence-corrected chi connectivity index (χ3v) is 1.86. The molecule has 0 aliphatic rings. The number of benzene rings is 1. The van der Waals surface area contributed by atoms with Crippen LogP contribution in [-0.2, 0) is 6.42 Å². The van der Waals surface area contributed by atoms with Gasteiger partial charge in [-0.05, 0) is 24.5 Å². The number of hydrogen-bond donors (Lipinski definition) is 0. The number of halogens is 3. The highest BCUT2D eigenvalue weighted by Gasteiger charge is 2.02. The largest absolute Gasteiger partial charge is 0.207 e. The quantitative estimate of drug-likeness (QED) is 0.643. The molecule has 1 aromatic carbocycles. The first-order chi connectivity index (χ1) is 5.74. The third-order valence-electron chi connectivity index (χ3n) is 1.59. The maximum atomic E-state index is 12.9. The summed E-state index contributed by atoms with van der Waals surface area (Å²) in [6.45, 7) is 0. The molecule has 0 bridgehead atoms. The second-order valence-electron chi connectivity index (χ2n) is 2.53. The van der Waals surface area contributed by atoms with E-state index < -0.39 is 11.6 Å². The minimum absolute atomic E-state index is 0.486. The van der Waals surface area contributed by atoms with E-state index in [1.165, 1.54) is 12.1 Å². The van der Waals surface area contributed by atoms with Crippen molar-refractivity contribution in [1.29, 1.82) is 0 Å². The first kappa shape index (κ1) is 9.46. The van der Waals surface area contributed by atoms with Crippen LogP contribution in [0.5, 0.6) is 0 Å². The summed E-state index contributed by atoms with van der Waals surface area (Å²) in [5, 5.41) is 0. The molecule has 0 radical (unpaired) electrons. The maximum Gasteiger partial charge on any atom is 0.129 e. The Hall–Kier alpha value is -0.630. The Bertz CT molecular complexity index is 261. The number of aryl methyl sites for hydroxylation is 1. The third kappa shape index (κ3) is 2.45. The van der Waals surface area contributed by atoms with Crippen LogP contribution in [0.25, 0.3) is 0 Å². The van der Waals surface area contributed by atoms with Crippen LogP contribution in [0.3, 0.4) is 0 Å². The van der Waals surface area contributed by atoms with Gasteiger partial charge in [0.15, 0.2) is 0 Å². The van der Waals surface area contributed by atoms with E-state index >= 15 is 0 Å². The van der Waals surface area contributed by atoms with Crippen molar-refractivity contribution in [1.82, 2.24) is 0 Å². The lowest BCUT2D eigenvalue weighted by Crippen LogP contribution is -1.92. The fraction of sp³-hybridized carbons (Fsp3) is 0.333. The van der Waals surface area contributed by atoms with Crippen LogP contribution < -0.4 is 0 Å². The SMILES string of the molecule is Fc1ccc(CCCCl)c(F)c1. The fourth-order valence-corrected chi connectivity index (χ4v) is 1.12. The van der Waals surface area contributed by atoms with Gasteiger partial charge >= 0.3 is 0 Å². The van der Waals surface area contributed by atoms with Gasteiger partial charge in [-0.2, -0.15) is 0 Å². The van der Waals surface area contributed by atoms with Crippen molar-refractivity contribution in [3.05, 3.63) is 35.4 Å². The Balaban J connectivity index is 2.72. The van der Waals surface area contributed by atoms with Gasteiger partial charge in [-0.25, -0.2) is 8.78 Å². The molecule has 0 nitrogen and oxygen atoms in total. The first-order valence-electron chi connectivity index (χ1n) is 3.74. The van der Waals surface area contributed by atoms with Crippen molar-refractivity contribution in [2.24, 2.45) is 0 Å². The average molecular weight is 191 g/mol. The number of hydrogen-bond acceptors (Lipinski definition) is 0. The zero-order valence-corrected chi connectivity index (χ0v) is 7.24. The molecule has 3 heteroatoms. The van der Waals surface area contributed by atoms with Gasteiger partial charge in [0.2, 0.25) is 0 Å². The minimum atomic E-state index is -0.540. The van der Waals surface area contributed by atoms with Crippen molar-refractivity contribution in [2.45, 2.75) is 12.8 Å². The second kappa shape index (κ2) is 4.41. The Labute approximate surface area is 75.2 Å². The molecule has 66 valence electrons. The van der Waals surface area contributed by atoms with Crippen LogP contribution in [0.15, 0.2) is 18.2 Å². The molecule has 0 aliphatic heterocycles. The Morgan fingerprint density at radius 3 is 2.58 bits per heavy atom. The minimum Gasteiger partial charge on any atom is -0.207 e. The molecule has 0 heterocycles. The highest BCUT2D eigenvalue weighted by atomic mass is 35.5. The van der Waals surface area contributed by atoms with Crippen molar-refractivity contribution in [3.63, 3.8) is 0 Å². The molecule has 12 heavy (non-hydrogen) atoms. The standard InChI is InChI=1S/C9H9ClF2/c10-5-1-2-7-3-4-8(11)6-9(7)12/h3-4,6H,1-2,5H2. The molecule has 0 aliphatic carbocycles. The highest BCUT2D eigenvalue weighted by molar-refractivity contribution is 6.17. The van der Waals surface area contributed by atoms with E-state index in [4.69, 9.17) is 11.6 Å². The van der Waals surface area contributed by atoms with Gasteiger partial charge in [0.1, 0.15) is 11.6 Å². The molecule has 0 spiro atoms.